The first kappa shape index (κ1) is 20.3. The molecule has 1 aliphatic rings. The molecule has 0 N–H and O–H groups in total. The number of nitrogens with zero attached hydrogens (tertiary/aromatic N) is 7. The fraction of sp³-hybridized carbons (Fsp3) is 0.150. The number of thiophene rings is 2. The number of ether oxygens (including phenoxy) is 1. The monoisotopic (exact) mass is 489 g/mol. The predicted molar refractivity (Wildman–Crippen MR) is 127 cm³/mol. The van der Waals surface area contributed by atoms with Gasteiger partial charge in [-0.1, -0.05) is 22.9 Å². The van der Waals surface area contributed by atoms with Crippen LogP contribution in [0.15, 0.2) is 10.7 Å². The maximum absolute atomic E-state index is 9.03. The lowest BCUT2D eigenvalue weighted by atomic mass is 9.95. The van der Waals surface area contributed by atoms with E-state index in [9.17, 15) is 0 Å². The van der Waals surface area contributed by atoms with E-state index in [1.807, 2.05) is 19.9 Å². The minimum Gasteiger partial charge on any atom is -0.480 e. The molecule has 0 radical (unpaired) electrons. The van der Waals surface area contributed by atoms with Gasteiger partial charge in [-0.05, 0) is 19.9 Å². The average Bonchev–Trinajstić information content (AvgIpc) is 3.49. The van der Waals surface area contributed by atoms with Gasteiger partial charge in [0.25, 0.3) is 5.70 Å². The van der Waals surface area contributed by atoms with Crippen molar-refractivity contribution in [3.8, 4) is 27.6 Å². The Balaban J connectivity index is 1.68. The molecule has 32 heavy (non-hydrogen) atoms. The molecule has 0 aliphatic carbocycles. The molecule has 4 aromatic rings. The van der Waals surface area contributed by atoms with Crippen molar-refractivity contribution in [2.45, 2.75) is 19.4 Å². The second-order valence-corrected chi connectivity index (χ2v) is 10.9. The van der Waals surface area contributed by atoms with Gasteiger partial charge in [0.15, 0.2) is 5.75 Å². The second-order valence-electron chi connectivity index (χ2n) is 6.91. The van der Waals surface area contributed by atoms with Crippen LogP contribution in [0.25, 0.3) is 44.6 Å². The quantitative estimate of drug-likeness (QED) is 0.137. The van der Waals surface area contributed by atoms with E-state index in [4.69, 9.17) is 28.4 Å². The summed E-state index contributed by atoms with van der Waals surface area (Å²) in [6, 6.07) is 3.62. The van der Waals surface area contributed by atoms with Crippen molar-refractivity contribution in [1.29, 1.82) is 10.5 Å². The summed E-state index contributed by atoms with van der Waals surface area (Å²) in [6.45, 7) is 18.0. The Hall–Kier alpha value is -3.65. The van der Waals surface area contributed by atoms with Crippen molar-refractivity contribution in [3.05, 3.63) is 39.1 Å². The number of rotatable bonds is 2. The molecule has 0 amide bonds. The van der Waals surface area contributed by atoms with Crippen molar-refractivity contribution < 1.29 is 4.74 Å². The van der Waals surface area contributed by atoms with Crippen LogP contribution >= 0.6 is 45.3 Å². The maximum atomic E-state index is 9.03. The van der Waals surface area contributed by atoms with Crippen LogP contribution in [0, 0.1) is 35.8 Å². The van der Waals surface area contributed by atoms with Crippen molar-refractivity contribution in [2.75, 3.05) is 0 Å². The fourth-order valence-corrected chi connectivity index (χ4v) is 8.32. The lowest BCUT2D eigenvalue weighted by Crippen LogP contribution is -2.27. The Morgan fingerprint density at radius 1 is 1.03 bits per heavy atom. The topological polar surface area (TPSA) is 104 Å². The molecular weight excluding hydrogens is 483 g/mol. The summed E-state index contributed by atoms with van der Waals surface area (Å²) in [5, 5.41) is 18.9. The van der Waals surface area contributed by atoms with Crippen molar-refractivity contribution in [2.24, 2.45) is 4.99 Å². The number of hydrogen-bond donors (Lipinski definition) is 0. The lowest BCUT2D eigenvalue weighted by molar-refractivity contribution is 0.111. The Kier molecular flexibility index (Phi) is 4.56. The van der Waals surface area contributed by atoms with E-state index in [0.29, 0.717) is 10.1 Å². The number of fused-ring (bicyclic) bond motifs is 7. The molecule has 152 valence electrons. The van der Waals surface area contributed by atoms with E-state index in [1.54, 1.807) is 17.4 Å². The highest BCUT2D eigenvalue weighted by atomic mass is 32.1. The number of allylic oxidation sites excluding steroid dienone is 1. The average molecular weight is 490 g/mol. The third kappa shape index (κ3) is 2.98. The highest BCUT2D eigenvalue weighted by Gasteiger charge is 2.40. The molecule has 4 aromatic heterocycles. The van der Waals surface area contributed by atoms with E-state index in [0.717, 1.165) is 40.1 Å². The summed E-state index contributed by atoms with van der Waals surface area (Å²) in [7, 11) is 0. The zero-order valence-corrected chi connectivity index (χ0v) is 19.5. The van der Waals surface area contributed by atoms with Crippen LogP contribution in [0.2, 0.25) is 0 Å². The number of hydrogen-bond acceptors (Lipinski definition) is 10. The molecule has 12 heteroatoms. The van der Waals surface area contributed by atoms with E-state index in [1.165, 1.54) is 40.1 Å². The van der Waals surface area contributed by atoms with Crippen LogP contribution in [0.5, 0.6) is 5.75 Å². The first-order valence-corrected chi connectivity index (χ1v) is 12.1. The minimum absolute atomic E-state index is 0.00105. The van der Waals surface area contributed by atoms with Crippen molar-refractivity contribution in [1.82, 2.24) is 9.97 Å². The van der Waals surface area contributed by atoms with Crippen LogP contribution in [0.1, 0.15) is 24.4 Å². The van der Waals surface area contributed by atoms with Gasteiger partial charge in [-0.2, -0.15) is 4.98 Å². The largest absolute Gasteiger partial charge is 0.480 e. The SMILES string of the molecule is [C-]#[N+]C(C#N)=Nc1nc2sc3c(c2s1)OC(C)(C)c1c-3sc2nc(/C=C(\C#N)[N+]#[C-])sc12. The summed E-state index contributed by atoms with van der Waals surface area (Å²) in [6.07, 6.45) is 1.50. The third-order valence-corrected chi connectivity index (χ3v) is 9.07. The number of thiazole rings is 2. The van der Waals surface area contributed by atoms with Crippen LogP contribution < -0.4 is 4.74 Å². The Morgan fingerprint density at radius 2 is 1.78 bits per heavy atom. The van der Waals surface area contributed by atoms with Crippen LogP contribution in [0.3, 0.4) is 0 Å². The summed E-state index contributed by atoms with van der Waals surface area (Å²) in [5.41, 5.74) is 0.399. The van der Waals surface area contributed by atoms with Crippen LogP contribution in [-0.4, -0.2) is 15.8 Å². The molecule has 0 atom stereocenters. The Morgan fingerprint density at radius 3 is 2.47 bits per heavy atom. The molecule has 0 fully saturated rings. The Labute approximate surface area is 197 Å². The van der Waals surface area contributed by atoms with E-state index < -0.39 is 5.60 Å². The molecule has 0 aromatic carbocycles. The second kappa shape index (κ2) is 7.20. The summed E-state index contributed by atoms with van der Waals surface area (Å²) < 4.78 is 8.27. The summed E-state index contributed by atoms with van der Waals surface area (Å²) in [5.74, 6) is 0.479. The zero-order chi connectivity index (χ0) is 22.6. The zero-order valence-electron chi connectivity index (χ0n) is 16.2. The van der Waals surface area contributed by atoms with Gasteiger partial charge in [0.1, 0.15) is 31.0 Å². The molecule has 1 aliphatic heterocycles. The first-order chi connectivity index (χ1) is 15.4. The van der Waals surface area contributed by atoms with Gasteiger partial charge in [0.2, 0.25) is 0 Å². The first-order valence-electron chi connectivity index (χ1n) is 8.80. The van der Waals surface area contributed by atoms with Gasteiger partial charge in [0.05, 0.1) is 27.1 Å². The number of nitriles is 2. The summed E-state index contributed by atoms with van der Waals surface area (Å²) in [4.78, 5) is 23.0. The van der Waals surface area contributed by atoms with Gasteiger partial charge in [-0.15, -0.1) is 34.0 Å². The number of amidine groups is 1. The van der Waals surface area contributed by atoms with E-state index >= 15 is 0 Å². The van der Waals surface area contributed by atoms with Gasteiger partial charge in [-0.3, -0.25) is 0 Å². The van der Waals surface area contributed by atoms with E-state index in [-0.39, 0.29) is 11.5 Å². The number of aliphatic imine (C=N–C) groups is 1. The maximum Gasteiger partial charge on any atom is 0.352 e. The van der Waals surface area contributed by atoms with Gasteiger partial charge in [-0.25, -0.2) is 20.4 Å². The molecule has 0 spiro atoms. The van der Waals surface area contributed by atoms with Crippen LogP contribution in [-0.2, 0) is 5.60 Å². The normalized spacial score (nSPS) is 14.7. The van der Waals surface area contributed by atoms with E-state index in [2.05, 4.69) is 24.7 Å². The highest BCUT2D eigenvalue weighted by molar-refractivity contribution is 7.34. The van der Waals surface area contributed by atoms with Crippen LogP contribution in [0.4, 0.5) is 5.13 Å². The molecule has 5 rings (SSSR count). The molecule has 0 saturated heterocycles. The van der Waals surface area contributed by atoms with Gasteiger partial charge >= 0.3 is 11.0 Å². The summed E-state index contributed by atoms with van der Waals surface area (Å²) >= 11 is 5.77. The third-order valence-electron chi connectivity index (χ3n) is 4.53. The number of aromatic nitrogens is 2. The standard InChI is InChI=1S/C20H7N7OS4/c1-20(2)11-13(30-17-14(11)29-10(26-17)5-8(6-21)23-3)15-12(28-20)16-18(31-15)27-19(32-16)25-9(7-22)24-4/h5H,1-2H3/b8-5+,25-9?. The van der Waals surface area contributed by atoms with Gasteiger partial charge < -0.3 is 9.58 Å². The fourth-order valence-electron chi connectivity index (χ4n) is 3.29. The molecular formula is C20H7N7OS4. The minimum atomic E-state index is -0.637. The molecule has 5 heterocycles. The van der Waals surface area contributed by atoms with Gasteiger partial charge in [0, 0.05) is 5.56 Å². The lowest BCUT2D eigenvalue weighted by Gasteiger charge is -2.31. The highest BCUT2D eigenvalue weighted by Crippen LogP contribution is 2.59. The molecule has 0 bridgehead atoms. The molecule has 0 saturated carbocycles. The Bertz CT molecular complexity index is 1650. The van der Waals surface area contributed by atoms with Crippen molar-refractivity contribution >= 4 is 81.5 Å². The molecule has 8 nitrogen and oxygen atoms in total. The van der Waals surface area contributed by atoms with Crippen molar-refractivity contribution in [3.63, 3.8) is 0 Å². The smallest absolute Gasteiger partial charge is 0.352 e. The molecule has 0 unspecified atom stereocenters. The predicted octanol–water partition coefficient (Wildman–Crippen LogP) is 6.58.